The number of rotatable bonds is 6. The Balaban J connectivity index is 1.70. The van der Waals surface area contributed by atoms with Gasteiger partial charge in [-0.15, -0.1) is 11.3 Å². The second-order valence-electron chi connectivity index (χ2n) is 6.16. The average Bonchev–Trinajstić information content (AvgIpc) is 3.00. The van der Waals surface area contributed by atoms with Crippen molar-refractivity contribution in [1.29, 1.82) is 0 Å². The zero-order valence-electron chi connectivity index (χ0n) is 14.2. The van der Waals surface area contributed by atoms with Gasteiger partial charge in [0.1, 0.15) is 0 Å². The van der Waals surface area contributed by atoms with Crippen molar-refractivity contribution in [2.24, 2.45) is 0 Å². The van der Waals surface area contributed by atoms with Gasteiger partial charge in [-0.1, -0.05) is 30.3 Å². The van der Waals surface area contributed by atoms with Crippen LogP contribution in [0.15, 0.2) is 36.5 Å². The van der Waals surface area contributed by atoms with Crippen molar-refractivity contribution in [3.8, 4) is 0 Å². The quantitative estimate of drug-likeness (QED) is 0.753. The molecule has 0 aliphatic heterocycles. The van der Waals surface area contributed by atoms with Gasteiger partial charge in [-0.25, -0.2) is 4.98 Å². The summed E-state index contributed by atoms with van der Waals surface area (Å²) in [7, 11) is 4.26. The number of aromatic nitrogens is 2. The molecule has 3 rings (SSSR count). The molecule has 0 saturated heterocycles. The molecule has 5 heteroatoms. The van der Waals surface area contributed by atoms with Crippen molar-refractivity contribution in [3.63, 3.8) is 0 Å². The van der Waals surface area contributed by atoms with E-state index in [4.69, 9.17) is 0 Å². The lowest BCUT2D eigenvalue weighted by molar-refractivity contribution is 0.288. The number of thiazole rings is 1. The molecule has 2 aromatic heterocycles. The molecule has 0 fully saturated rings. The summed E-state index contributed by atoms with van der Waals surface area (Å²) >= 11 is 1.74. The SMILES string of the molecule is Cc1cn2c(CNC[C@@H](c3ccccc3)N(C)C)c(C)nc2s1. The molecule has 122 valence electrons. The van der Waals surface area contributed by atoms with Gasteiger partial charge in [-0.2, -0.15) is 0 Å². The van der Waals surface area contributed by atoms with E-state index in [2.05, 4.69) is 84.1 Å². The van der Waals surface area contributed by atoms with Crippen LogP contribution < -0.4 is 5.32 Å². The fourth-order valence-electron chi connectivity index (χ4n) is 2.92. The van der Waals surface area contributed by atoms with Gasteiger partial charge in [0, 0.05) is 30.2 Å². The lowest BCUT2D eigenvalue weighted by Crippen LogP contribution is -2.31. The Hall–Kier alpha value is -1.69. The first kappa shape index (κ1) is 16.2. The summed E-state index contributed by atoms with van der Waals surface area (Å²) in [6.45, 7) is 5.96. The van der Waals surface area contributed by atoms with Gasteiger partial charge in [0.15, 0.2) is 4.96 Å². The highest BCUT2D eigenvalue weighted by Gasteiger charge is 2.15. The molecule has 2 heterocycles. The van der Waals surface area contributed by atoms with Crippen LogP contribution in [-0.4, -0.2) is 34.9 Å². The molecule has 0 radical (unpaired) electrons. The zero-order chi connectivity index (χ0) is 16.4. The highest BCUT2D eigenvalue weighted by atomic mass is 32.1. The third kappa shape index (κ3) is 3.47. The maximum absolute atomic E-state index is 4.66. The normalized spacial score (nSPS) is 13.1. The molecule has 0 spiro atoms. The highest BCUT2D eigenvalue weighted by Crippen LogP contribution is 2.21. The van der Waals surface area contributed by atoms with Gasteiger partial charge in [0.25, 0.3) is 0 Å². The lowest BCUT2D eigenvalue weighted by Gasteiger charge is -2.25. The van der Waals surface area contributed by atoms with E-state index >= 15 is 0 Å². The minimum Gasteiger partial charge on any atom is -0.309 e. The highest BCUT2D eigenvalue weighted by molar-refractivity contribution is 7.17. The number of hydrogen-bond donors (Lipinski definition) is 1. The predicted octanol–water partition coefficient (Wildman–Crippen LogP) is 3.41. The predicted molar refractivity (Wildman–Crippen MR) is 97.1 cm³/mol. The van der Waals surface area contributed by atoms with Gasteiger partial charge in [0.2, 0.25) is 0 Å². The third-order valence-corrected chi connectivity index (χ3v) is 5.08. The molecule has 23 heavy (non-hydrogen) atoms. The summed E-state index contributed by atoms with van der Waals surface area (Å²) in [5.74, 6) is 0. The summed E-state index contributed by atoms with van der Waals surface area (Å²) in [6.07, 6.45) is 2.18. The van der Waals surface area contributed by atoms with Gasteiger partial charge >= 0.3 is 0 Å². The monoisotopic (exact) mass is 328 g/mol. The minimum atomic E-state index is 0.365. The first-order valence-corrected chi connectivity index (χ1v) is 8.74. The van der Waals surface area contributed by atoms with Gasteiger partial charge in [-0.3, -0.25) is 4.40 Å². The van der Waals surface area contributed by atoms with E-state index in [1.807, 2.05) is 0 Å². The molecule has 0 aliphatic rings. The van der Waals surface area contributed by atoms with E-state index in [0.717, 1.165) is 23.7 Å². The Kier molecular flexibility index (Phi) is 4.80. The van der Waals surface area contributed by atoms with E-state index in [9.17, 15) is 0 Å². The number of hydrogen-bond acceptors (Lipinski definition) is 4. The molecule has 1 N–H and O–H groups in total. The summed E-state index contributed by atoms with van der Waals surface area (Å²) in [4.78, 5) is 9.30. The van der Waals surface area contributed by atoms with E-state index in [1.54, 1.807) is 11.3 Å². The van der Waals surface area contributed by atoms with Crippen molar-refractivity contribution in [3.05, 3.63) is 58.4 Å². The average molecular weight is 328 g/mol. The molecular formula is C18H24N4S. The van der Waals surface area contributed by atoms with E-state index in [0.29, 0.717) is 6.04 Å². The van der Waals surface area contributed by atoms with Crippen molar-refractivity contribution < 1.29 is 0 Å². The first-order chi connectivity index (χ1) is 11.1. The third-order valence-electron chi connectivity index (χ3n) is 4.18. The molecule has 0 saturated carbocycles. The number of nitrogens with zero attached hydrogens (tertiary/aromatic N) is 3. The van der Waals surface area contributed by atoms with Crippen LogP contribution in [-0.2, 0) is 6.54 Å². The number of fused-ring (bicyclic) bond motifs is 1. The second-order valence-corrected chi connectivity index (χ2v) is 7.37. The molecule has 1 aromatic carbocycles. The van der Waals surface area contributed by atoms with Crippen molar-refractivity contribution in [2.75, 3.05) is 20.6 Å². The van der Waals surface area contributed by atoms with E-state index in [-0.39, 0.29) is 0 Å². The summed E-state index contributed by atoms with van der Waals surface area (Å²) < 4.78 is 2.22. The number of nitrogens with one attached hydrogen (secondary N) is 1. The van der Waals surface area contributed by atoms with Crippen LogP contribution in [0.25, 0.3) is 4.96 Å². The smallest absolute Gasteiger partial charge is 0.194 e. The first-order valence-electron chi connectivity index (χ1n) is 7.92. The van der Waals surface area contributed by atoms with Crippen LogP contribution in [0, 0.1) is 13.8 Å². The maximum Gasteiger partial charge on any atom is 0.194 e. The van der Waals surface area contributed by atoms with Crippen molar-refractivity contribution >= 4 is 16.3 Å². The zero-order valence-corrected chi connectivity index (χ0v) is 15.0. The molecule has 1 atom stereocenters. The van der Waals surface area contributed by atoms with Gasteiger partial charge < -0.3 is 10.2 Å². The van der Waals surface area contributed by atoms with Gasteiger partial charge in [0.05, 0.1) is 11.4 Å². The van der Waals surface area contributed by atoms with Crippen LogP contribution in [0.4, 0.5) is 0 Å². The number of aryl methyl sites for hydroxylation is 2. The van der Waals surface area contributed by atoms with Crippen LogP contribution in [0.2, 0.25) is 0 Å². The standard InChI is InChI=1S/C18H24N4S/c1-13-12-22-16(14(2)20-18(22)23-13)10-19-11-17(21(3)4)15-8-6-5-7-9-15/h5-9,12,17,19H,10-11H2,1-4H3/t17-/m0/s1. The molecule has 4 nitrogen and oxygen atoms in total. The fraction of sp³-hybridized carbons (Fsp3) is 0.389. The molecule has 0 unspecified atom stereocenters. The fourth-order valence-corrected chi connectivity index (χ4v) is 3.81. The Labute approximate surface area is 141 Å². The Morgan fingerprint density at radius 2 is 1.96 bits per heavy atom. The topological polar surface area (TPSA) is 32.6 Å². The van der Waals surface area contributed by atoms with E-state index < -0.39 is 0 Å². The molecule has 0 aliphatic carbocycles. The van der Waals surface area contributed by atoms with Gasteiger partial charge in [-0.05, 0) is 33.5 Å². The molecular weight excluding hydrogens is 304 g/mol. The van der Waals surface area contributed by atoms with Crippen LogP contribution in [0.5, 0.6) is 0 Å². The second kappa shape index (κ2) is 6.83. The summed E-state index contributed by atoms with van der Waals surface area (Å²) in [5.41, 5.74) is 3.71. The van der Waals surface area contributed by atoms with Crippen LogP contribution in [0.3, 0.4) is 0 Å². The minimum absolute atomic E-state index is 0.365. The van der Waals surface area contributed by atoms with E-state index in [1.165, 1.54) is 16.1 Å². The number of likely N-dealkylation sites (N-methyl/N-ethyl adjacent to an activating group) is 1. The Morgan fingerprint density at radius 1 is 1.22 bits per heavy atom. The molecule has 0 bridgehead atoms. The Bertz CT molecular complexity index is 773. The van der Waals surface area contributed by atoms with Crippen molar-refractivity contribution in [2.45, 2.75) is 26.4 Å². The van der Waals surface area contributed by atoms with Crippen LogP contribution >= 0.6 is 11.3 Å². The number of benzene rings is 1. The number of imidazole rings is 1. The summed E-state index contributed by atoms with van der Waals surface area (Å²) in [6, 6.07) is 11.0. The maximum atomic E-state index is 4.66. The Morgan fingerprint density at radius 3 is 2.65 bits per heavy atom. The van der Waals surface area contributed by atoms with Crippen LogP contribution in [0.1, 0.15) is 27.9 Å². The molecule has 0 amide bonds. The summed E-state index contributed by atoms with van der Waals surface area (Å²) in [5, 5.41) is 3.61. The molecule has 3 aromatic rings. The largest absolute Gasteiger partial charge is 0.309 e. The lowest BCUT2D eigenvalue weighted by atomic mass is 10.1. The van der Waals surface area contributed by atoms with Crippen molar-refractivity contribution in [1.82, 2.24) is 19.6 Å².